The Balaban J connectivity index is 2.16. The molecule has 1 aromatic carbocycles. The molecule has 3 unspecified atom stereocenters. The van der Waals surface area contributed by atoms with Crippen molar-refractivity contribution in [1.82, 2.24) is 0 Å². The van der Waals surface area contributed by atoms with Crippen molar-refractivity contribution < 1.29 is 9.84 Å². The second-order valence-corrected chi connectivity index (χ2v) is 5.73. The molecule has 1 N–H and O–H groups in total. The molecule has 0 aromatic heterocycles. The van der Waals surface area contributed by atoms with Crippen molar-refractivity contribution in [3.8, 4) is 0 Å². The Hall–Kier alpha value is -0.860. The quantitative estimate of drug-likeness (QED) is 0.886. The molecule has 3 atom stereocenters. The molecule has 0 heterocycles. The van der Waals surface area contributed by atoms with E-state index in [-0.39, 0.29) is 6.10 Å². The molecular weight excluding hydrogens is 224 g/mol. The second-order valence-electron chi connectivity index (χ2n) is 5.73. The summed E-state index contributed by atoms with van der Waals surface area (Å²) >= 11 is 0. The standard InChI is InChI=1S/C16H24O2/c1-12(18-3)16(2,17)11-14-9-6-8-13-7-4-5-10-15(13)14/h4-5,7,10,12,14,17H,6,8-9,11H2,1-3H3. The first-order valence-electron chi connectivity index (χ1n) is 6.87. The third-order valence-corrected chi connectivity index (χ3v) is 4.38. The fourth-order valence-electron chi connectivity index (χ4n) is 2.99. The van der Waals surface area contributed by atoms with Crippen LogP contribution in [0.4, 0.5) is 0 Å². The molecule has 0 radical (unpaired) electrons. The molecule has 1 aliphatic carbocycles. The number of ether oxygens (including phenoxy) is 1. The summed E-state index contributed by atoms with van der Waals surface area (Å²) in [6, 6.07) is 8.64. The molecule has 1 aliphatic rings. The van der Waals surface area contributed by atoms with Gasteiger partial charge in [-0.15, -0.1) is 0 Å². The predicted octanol–water partition coefficient (Wildman–Crippen LogP) is 3.28. The molecule has 1 aromatic rings. The van der Waals surface area contributed by atoms with Gasteiger partial charge in [0.2, 0.25) is 0 Å². The van der Waals surface area contributed by atoms with E-state index in [0.717, 1.165) is 6.42 Å². The summed E-state index contributed by atoms with van der Waals surface area (Å²) in [5.74, 6) is 0.461. The number of hydrogen-bond donors (Lipinski definition) is 1. The zero-order valence-electron chi connectivity index (χ0n) is 11.6. The average Bonchev–Trinajstić information content (AvgIpc) is 2.38. The van der Waals surface area contributed by atoms with Gasteiger partial charge in [0.1, 0.15) is 0 Å². The van der Waals surface area contributed by atoms with E-state index in [2.05, 4.69) is 24.3 Å². The lowest BCUT2D eigenvalue weighted by molar-refractivity contribution is -0.0812. The Bertz CT molecular complexity index is 398. The normalized spacial score (nSPS) is 24.1. The van der Waals surface area contributed by atoms with Crippen LogP contribution in [0.3, 0.4) is 0 Å². The van der Waals surface area contributed by atoms with E-state index >= 15 is 0 Å². The Morgan fingerprint density at radius 2 is 2.17 bits per heavy atom. The van der Waals surface area contributed by atoms with Gasteiger partial charge in [-0.05, 0) is 56.6 Å². The van der Waals surface area contributed by atoms with Crippen molar-refractivity contribution in [3.63, 3.8) is 0 Å². The van der Waals surface area contributed by atoms with Crippen LogP contribution < -0.4 is 0 Å². The first-order valence-corrected chi connectivity index (χ1v) is 6.87. The first-order chi connectivity index (χ1) is 8.54. The maximum absolute atomic E-state index is 10.5. The number of hydrogen-bond acceptors (Lipinski definition) is 2. The third-order valence-electron chi connectivity index (χ3n) is 4.38. The molecule has 100 valence electrons. The van der Waals surface area contributed by atoms with Crippen molar-refractivity contribution >= 4 is 0 Å². The molecule has 2 rings (SSSR count). The van der Waals surface area contributed by atoms with E-state index < -0.39 is 5.60 Å². The summed E-state index contributed by atoms with van der Waals surface area (Å²) in [7, 11) is 1.66. The highest BCUT2D eigenvalue weighted by Crippen LogP contribution is 2.38. The molecule has 0 spiro atoms. The lowest BCUT2D eigenvalue weighted by atomic mass is 9.76. The number of aliphatic hydroxyl groups is 1. The molecule has 0 aliphatic heterocycles. The van der Waals surface area contributed by atoms with Gasteiger partial charge >= 0.3 is 0 Å². The van der Waals surface area contributed by atoms with Gasteiger partial charge in [0.15, 0.2) is 0 Å². The molecule has 0 saturated heterocycles. The highest BCUT2D eigenvalue weighted by Gasteiger charge is 2.33. The Morgan fingerprint density at radius 1 is 1.44 bits per heavy atom. The summed E-state index contributed by atoms with van der Waals surface area (Å²) in [5, 5.41) is 10.5. The van der Waals surface area contributed by atoms with Crippen molar-refractivity contribution in [2.24, 2.45) is 0 Å². The molecule has 2 nitrogen and oxygen atoms in total. The van der Waals surface area contributed by atoms with E-state index in [1.54, 1.807) is 7.11 Å². The molecule has 0 saturated carbocycles. The van der Waals surface area contributed by atoms with Gasteiger partial charge in [0.25, 0.3) is 0 Å². The van der Waals surface area contributed by atoms with E-state index in [1.807, 2.05) is 13.8 Å². The Kier molecular flexibility index (Phi) is 4.08. The van der Waals surface area contributed by atoms with Gasteiger partial charge in [0, 0.05) is 7.11 Å². The van der Waals surface area contributed by atoms with Crippen molar-refractivity contribution in [1.29, 1.82) is 0 Å². The van der Waals surface area contributed by atoms with Crippen LogP contribution >= 0.6 is 0 Å². The van der Waals surface area contributed by atoms with Crippen LogP contribution in [0.2, 0.25) is 0 Å². The van der Waals surface area contributed by atoms with Gasteiger partial charge in [-0.25, -0.2) is 0 Å². The maximum Gasteiger partial charge on any atom is 0.0883 e. The van der Waals surface area contributed by atoms with Gasteiger partial charge in [0.05, 0.1) is 11.7 Å². The molecule has 0 amide bonds. The lowest BCUT2D eigenvalue weighted by Crippen LogP contribution is -2.40. The largest absolute Gasteiger partial charge is 0.387 e. The second kappa shape index (κ2) is 5.41. The van der Waals surface area contributed by atoms with Crippen molar-refractivity contribution in [2.75, 3.05) is 7.11 Å². The smallest absolute Gasteiger partial charge is 0.0883 e. The summed E-state index contributed by atoms with van der Waals surface area (Å²) in [6.45, 7) is 3.83. The SMILES string of the molecule is COC(C)C(C)(O)CC1CCCc2ccccc21. The zero-order chi connectivity index (χ0) is 13.2. The van der Waals surface area contributed by atoms with Gasteiger partial charge in [-0.2, -0.15) is 0 Å². The first kappa shape index (κ1) is 13.6. The van der Waals surface area contributed by atoms with E-state index in [1.165, 1.54) is 30.4 Å². The fraction of sp³-hybridized carbons (Fsp3) is 0.625. The van der Waals surface area contributed by atoms with Gasteiger partial charge in [-0.1, -0.05) is 24.3 Å². The van der Waals surface area contributed by atoms with Crippen LogP contribution in [0.5, 0.6) is 0 Å². The Morgan fingerprint density at radius 3 is 2.89 bits per heavy atom. The van der Waals surface area contributed by atoms with Crippen molar-refractivity contribution in [3.05, 3.63) is 35.4 Å². The van der Waals surface area contributed by atoms with Crippen LogP contribution in [0.25, 0.3) is 0 Å². The minimum Gasteiger partial charge on any atom is -0.387 e. The molecule has 18 heavy (non-hydrogen) atoms. The summed E-state index contributed by atoms with van der Waals surface area (Å²) in [6.07, 6.45) is 4.21. The molecule has 2 heteroatoms. The minimum atomic E-state index is -0.760. The highest BCUT2D eigenvalue weighted by molar-refractivity contribution is 5.32. The minimum absolute atomic E-state index is 0.133. The number of rotatable bonds is 4. The van der Waals surface area contributed by atoms with Crippen molar-refractivity contribution in [2.45, 2.75) is 57.2 Å². The lowest BCUT2D eigenvalue weighted by Gasteiger charge is -2.35. The maximum atomic E-state index is 10.5. The van der Waals surface area contributed by atoms with Crippen LogP contribution in [-0.2, 0) is 11.2 Å². The number of aryl methyl sites for hydroxylation is 1. The topological polar surface area (TPSA) is 29.5 Å². The predicted molar refractivity (Wildman–Crippen MR) is 73.8 cm³/mol. The number of fused-ring (bicyclic) bond motifs is 1. The number of benzene rings is 1. The average molecular weight is 248 g/mol. The summed E-state index contributed by atoms with van der Waals surface area (Å²) < 4.78 is 5.29. The van der Waals surface area contributed by atoms with Crippen LogP contribution in [0.15, 0.2) is 24.3 Å². The molecule has 0 fully saturated rings. The Labute approximate surface area is 110 Å². The number of methoxy groups -OCH3 is 1. The zero-order valence-corrected chi connectivity index (χ0v) is 11.6. The van der Waals surface area contributed by atoms with Crippen LogP contribution in [0.1, 0.15) is 50.2 Å². The van der Waals surface area contributed by atoms with Gasteiger partial charge in [-0.3, -0.25) is 0 Å². The van der Waals surface area contributed by atoms with Crippen LogP contribution in [-0.4, -0.2) is 23.9 Å². The monoisotopic (exact) mass is 248 g/mol. The van der Waals surface area contributed by atoms with Gasteiger partial charge < -0.3 is 9.84 Å². The third kappa shape index (κ3) is 2.76. The van der Waals surface area contributed by atoms with E-state index in [9.17, 15) is 5.11 Å². The highest BCUT2D eigenvalue weighted by atomic mass is 16.5. The summed E-state index contributed by atoms with van der Waals surface area (Å²) in [4.78, 5) is 0. The fourth-order valence-corrected chi connectivity index (χ4v) is 2.99. The van der Waals surface area contributed by atoms with E-state index in [0.29, 0.717) is 5.92 Å². The summed E-state index contributed by atoms with van der Waals surface area (Å²) in [5.41, 5.74) is 2.12. The molecule has 0 bridgehead atoms. The van der Waals surface area contributed by atoms with Crippen LogP contribution in [0, 0.1) is 0 Å². The molecular formula is C16H24O2. The van der Waals surface area contributed by atoms with E-state index in [4.69, 9.17) is 4.74 Å².